The number of carbonyl (C=O) groups is 1. The molecule has 1 saturated carbocycles. The van der Waals surface area contributed by atoms with Gasteiger partial charge in [0.05, 0.1) is 11.5 Å². The van der Waals surface area contributed by atoms with Gasteiger partial charge in [-0.15, -0.1) is 0 Å². The summed E-state index contributed by atoms with van der Waals surface area (Å²) in [4.78, 5) is 14.7. The fourth-order valence-electron chi connectivity index (χ4n) is 4.18. The maximum absolute atomic E-state index is 12.6. The van der Waals surface area contributed by atoms with Crippen molar-refractivity contribution in [2.75, 3.05) is 47.9 Å². The zero-order valence-corrected chi connectivity index (χ0v) is 15.1. The highest BCUT2D eigenvalue weighted by molar-refractivity contribution is 7.91. The topological polar surface area (TPSA) is 78.5 Å². The molecule has 1 amide bonds. The Labute approximate surface area is 148 Å². The molecule has 1 unspecified atom stereocenters. The van der Waals surface area contributed by atoms with Crippen molar-refractivity contribution in [1.29, 1.82) is 0 Å². The number of hydrogen-bond acceptors (Lipinski definition) is 5. The zero-order chi connectivity index (χ0) is 17.5. The van der Waals surface area contributed by atoms with E-state index in [2.05, 4.69) is 15.5 Å². The number of hydrogen-bond donors (Lipinski definition) is 2. The van der Waals surface area contributed by atoms with Gasteiger partial charge in [0.1, 0.15) is 0 Å². The number of nitrogens with zero attached hydrogens (tertiary/aromatic N) is 1. The fourth-order valence-corrected chi connectivity index (χ4v) is 5.38. The Hall–Kier alpha value is -1.60. The molecule has 0 radical (unpaired) electrons. The van der Waals surface area contributed by atoms with Gasteiger partial charge in [-0.2, -0.15) is 0 Å². The number of nitrogens with one attached hydrogen (secondary N) is 2. The van der Waals surface area contributed by atoms with E-state index in [1.807, 2.05) is 24.3 Å². The highest BCUT2D eigenvalue weighted by atomic mass is 32.2. The SMILES string of the molecule is O=C(Nc1cccc(N2CCS(=O)(=O)CC2)c1)C1CC12CCNCC2. The van der Waals surface area contributed by atoms with E-state index >= 15 is 0 Å². The first-order chi connectivity index (χ1) is 12.0. The summed E-state index contributed by atoms with van der Waals surface area (Å²) in [5, 5.41) is 6.43. The summed E-state index contributed by atoms with van der Waals surface area (Å²) in [5.41, 5.74) is 2.00. The minimum absolute atomic E-state index is 0.125. The van der Waals surface area contributed by atoms with Gasteiger partial charge >= 0.3 is 0 Å². The van der Waals surface area contributed by atoms with Crippen molar-refractivity contribution in [3.8, 4) is 0 Å². The molecule has 0 aromatic heterocycles. The monoisotopic (exact) mass is 363 g/mol. The van der Waals surface area contributed by atoms with E-state index in [0.717, 1.165) is 43.7 Å². The average molecular weight is 363 g/mol. The Bertz CT molecular complexity index is 758. The molecule has 1 spiro atoms. The number of sulfone groups is 1. The molecular weight excluding hydrogens is 338 g/mol. The number of amides is 1. The molecule has 1 aromatic rings. The molecule has 3 fully saturated rings. The predicted octanol–water partition coefficient (Wildman–Crippen LogP) is 1.25. The largest absolute Gasteiger partial charge is 0.369 e. The lowest BCUT2D eigenvalue weighted by Gasteiger charge is -2.29. The third-order valence-electron chi connectivity index (χ3n) is 5.93. The molecular formula is C18H25N3O3S. The van der Waals surface area contributed by atoms with Crippen LogP contribution in [-0.2, 0) is 14.6 Å². The van der Waals surface area contributed by atoms with Crippen LogP contribution < -0.4 is 15.5 Å². The molecule has 0 bridgehead atoms. The van der Waals surface area contributed by atoms with Gasteiger partial charge in [-0.1, -0.05) is 6.07 Å². The molecule has 2 aliphatic heterocycles. The first-order valence-corrected chi connectivity index (χ1v) is 10.9. The lowest BCUT2D eigenvalue weighted by molar-refractivity contribution is -0.118. The van der Waals surface area contributed by atoms with Gasteiger partial charge in [-0.05, 0) is 56.0 Å². The van der Waals surface area contributed by atoms with Crippen LogP contribution in [0.25, 0.3) is 0 Å². The van der Waals surface area contributed by atoms with Gasteiger partial charge in [-0.3, -0.25) is 4.79 Å². The summed E-state index contributed by atoms with van der Waals surface area (Å²) >= 11 is 0. The van der Waals surface area contributed by atoms with E-state index in [9.17, 15) is 13.2 Å². The average Bonchev–Trinajstić information content (AvgIpc) is 3.29. The molecule has 6 nitrogen and oxygen atoms in total. The molecule has 2 N–H and O–H groups in total. The van der Waals surface area contributed by atoms with Gasteiger partial charge in [0.15, 0.2) is 9.84 Å². The predicted molar refractivity (Wildman–Crippen MR) is 98.6 cm³/mol. The van der Waals surface area contributed by atoms with Crippen LogP contribution in [0.2, 0.25) is 0 Å². The van der Waals surface area contributed by atoms with E-state index in [1.165, 1.54) is 0 Å². The van der Waals surface area contributed by atoms with Crippen molar-refractivity contribution in [3.05, 3.63) is 24.3 Å². The molecule has 1 atom stereocenters. The fraction of sp³-hybridized carbons (Fsp3) is 0.611. The molecule has 3 aliphatic rings. The smallest absolute Gasteiger partial charge is 0.228 e. The van der Waals surface area contributed by atoms with Crippen molar-refractivity contribution in [2.45, 2.75) is 19.3 Å². The molecule has 25 heavy (non-hydrogen) atoms. The van der Waals surface area contributed by atoms with Crippen LogP contribution in [0, 0.1) is 11.3 Å². The van der Waals surface area contributed by atoms with Crippen LogP contribution in [-0.4, -0.2) is 52.0 Å². The molecule has 4 rings (SSSR count). The van der Waals surface area contributed by atoms with Gasteiger partial charge in [0, 0.05) is 30.4 Å². The molecule has 2 saturated heterocycles. The Morgan fingerprint density at radius 2 is 1.92 bits per heavy atom. The van der Waals surface area contributed by atoms with Crippen LogP contribution in [0.15, 0.2) is 24.3 Å². The second kappa shape index (κ2) is 6.29. The number of benzene rings is 1. The minimum atomic E-state index is -2.89. The maximum Gasteiger partial charge on any atom is 0.228 e. The summed E-state index contributed by atoms with van der Waals surface area (Å²) in [7, 11) is -2.89. The summed E-state index contributed by atoms with van der Waals surface area (Å²) in [5.74, 6) is 0.656. The summed E-state index contributed by atoms with van der Waals surface area (Å²) < 4.78 is 23.2. The highest BCUT2D eigenvalue weighted by Crippen LogP contribution is 2.58. The third kappa shape index (κ3) is 3.53. The van der Waals surface area contributed by atoms with Crippen LogP contribution in [0.5, 0.6) is 0 Å². The number of carbonyl (C=O) groups excluding carboxylic acids is 1. The summed E-state index contributed by atoms with van der Waals surface area (Å²) in [6, 6.07) is 7.74. The highest BCUT2D eigenvalue weighted by Gasteiger charge is 2.57. The van der Waals surface area contributed by atoms with Gasteiger partial charge in [0.2, 0.25) is 5.91 Å². The van der Waals surface area contributed by atoms with Gasteiger partial charge in [-0.25, -0.2) is 8.42 Å². The van der Waals surface area contributed by atoms with E-state index < -0.39 is 9.84 Å². The number of anilines is 2. The van der Waals surface area contributed by atoms with Crippen molar-refractivity contribution in [1.82, 2.24) is 5.32 Å². The standard InChI is InChI=1S/C18H25N3O3S/c22-17(16-13-18(16)4-6-19-7-5-18)20-14-2-1-3-15(12-14)21-8-10-25(23,24)11-9-21/h1-3,12,16,19H,4-11,13H2,(H,20,22). The summed E-state index contributed by atoms with van der Waals surface area (Å²) in [6.45, 7) is 3.05. The lowest BCUT2D eigenvalue weighted by Crippen LogP contribution is -2.40. The first-order valence-electron chi connectivity index (χ1n) is 9.05. The van der Waals surface area contributed by atoms with E-state index in [1.54, 1.807) is 0 Å². The van der Waals surface area contributed by atoms with Gasteiger partial charge < -0.3 is 15.5 Å². The molecule has 7 heteroatoms. The van der Waals surface area contributed by atoms with Crippen LogP contribution >= 0.6 is 0 Å². The second-order valence-corrected chi connectivity index (χ2v) is 9.85. The first kappa shape index (κ1) is 16.8. The Morgan fingerprint density at radius 3 is 2.64 bits per heavy atom. The van der Waals surface area contributed by atoms with Crippen molar-refractivity contribution < 1.29 is 13.2 Å². The molecule has 1 aromatic carbocycles. The van der Waals surface area contributed by atoms with Crippen LogP contribution in [0.3, 0.4) is 0 Å². The Morgan fingerprint density at radius 1 is 1.20 bits per heavy atom. The van der Waals surface area contributed by atoms with Crippen molar-refractivity contribution >= 4 is 27.1 Å². The molecule has 2 heterocycles. The molecule has 1 aliphatic carbocycles. The third-order valence-corrected chi connectivity index (χ3v) is 7.54. The van der Waals surface area contributed by atoms with Crippen molar-refractivity contribution in [3.63, 3.8) is 0 Å². The van der Waals surface area contributed by atoms with Crippen molar-refractivity contribution in [2.24, 2.45) is 11.3 Å². The number of piperidine rings is 1. The van der Waals surface area contributed by atoms with E-state index in [-0.39, 0.29) is 28.7 Å². The number of rotatable bonds is 3. The van der Waals surface area contributed by atoms with E-state index in [0.29, 0.717) is 13.1 Å². The quantitative estimate of drug-likeness (QED) is 0.845. The van der Waals surface area contributed by atoms with E-state index in [4.69, 9.17) is 0 Å². The minimum Gasteiger partial charge on any atom is -0.369 e. The molecule has 136 valence electrons. The van der Waals surface area contributed by atoms with Crippen LogP contribution in [0.1, 0.15) is 19.3 Å². The Balaban J connectivity index is 1.39. The lowest BCUT2D eigenvalue weighted by atomic mass is 9.92. The van der Waals surface area contributed by atoms with Gasteiger partial charge in [0.25, 0.3) is 0 Å². The maximum atomic E-state index is 12.6. The normalized spacial score (nSPS) is 27.0. The summed E-state index contributed by atoms with van der Waals surface area (Å²) in [6.07, 6.45) is 3.19. The zero-order valence-electron chi connectivity index (χ0n) is 14.3. The second-order valence-electron chi connectivity index (χ2n) is 7.55. The van der Waals surface area contributed by atoms with Crippen LogP contribution in [0.4, 0.5) is 11.4 Å². The Kier molecular flexibility index (Phi) is 4.24.